The van der Waals surface area contributed by atoms with E-state index in [0.717, 1.165) is 51.4 Å². The van der Waals surface area contributed by atoms with Gasteiger partial charge in [0.1, 0.15) is 0 Å². The summed E-state index contributed by atoms with van der Waals surface area (Å²) in [7, 11) is 0. The largest absolute Gasteiger partial charge is 0.415 e. The molecule has 0 aromatic rings. The first-order valence-electron chi connectivity index (χ1n) is 7.40. The van der Waals surface area contributed by atoms with Crippen LogP contribution in [0.4, 0.5) is 13.2 Å². The number of unbranched alkanes of at least 4 members (excludes halogenated alkanes) is 4. The van der Waals surface area contributed by atoms with Gasteiger partial charge in [-0.3, -0.25) is 0 Å². The summed E-state index contributed by atoms with van der Waals surface area (Å²) in [4.78, 5) is 0. The Kier molecular flexibility index (Phi) is 10.3. The number of hydrogen-bond donors (Lipinski definition) is 2. The van der Waals surface area contributed by atoms with Crippen molar-refractivity contribution >= 4 is 0 Å². The molecule has 0 unspecified atom stereocenters. The minimum atomic E-state index is -4.52. The highest BCUT2D eigenvalue weighted by molar-refractivity contribution is 4.73. The molecule has 116 valence electrons. The topological polar surface area (TPSA) is 32.3 Å². The van der Waals surface area contributed by atoms with Crippen molar-refractivity contribution in [2.24, 2.45) is 0 Å². The first kappa shape index (κ1) is 18.7. The average molecular weight is 283 g/mol. The molecule has 0 aliphatic heterocycles. The Morgan fingerprint density at radius 1 is 0.947 bits per heavy atom. The number of halogens is 3. The molecule has 1 atom stereocenters. The first-order valence-corrected chi connectivity index (χ1v) is 7.40. The lowest BCUT2D eigenvalue weighted by Crippen LogP contribution is -2.42. The third kappa shape index (κ3) is 10.2. The lowest BCUT2D eigenvalue weighted by atomic mass is 10.0. The Bertz CT molecular complexity index is 199. The summed E-state index contributed by atoms with van der Waals surface area (Å²) in [5.41, 5.74) is 0. The van der Waals surface area contributed by atoms with Gasteiger partial charge in [0.05, 0.1) is 0 Å². The third-order valence-corrected chi connectivity index (χ3v) is 3.29. The van der Waals surface area contributed by atoms with Crippen molar-refractivity contribution < 1.29 is 18.3 Å². The van der Waals surface area contributed by atoms with E-state index in [9.17, 15) is 13.2 Å². The van der Waals surface area contributed by atoms with Gasteiger partial charge in [-0.05, 0) is 12.8 Å². The van der Waals surface area contributed by atoms with Crippen LogP contribution < -0.4 is 5.32 Å². The van der Waals surface area contributed by atoms with E-state index in [4.69, 9.17) is 5.11 Å². The molecule has 0 aliphatic carbocycles. The van der Waals surface area contributed by atoms with Crippen molar-refractivity contribution in [2.45, 2.75) is 83.5 Å². The van der Waals surface area contributed by atoms with Crippen molar-refractivity contribution in [3.05, 3.63) is 0 Å². The number of nitrogens with one attached hydrogen (secondary N) is 1. The summed E-state index contributed by atoms with van der Waals surface area (Å²) < 4.78 is 36.7. The van der Waals surface area contributed by atoms with Gasteiger partial charge in [-0.2, -0.15) is 13.2 Å². The van der Waals surface area contributed by atoms with Crippen LogP contribution in [0.15, 0.2) is 0 Å². The van der Waals surface area contributed by atoms with E-state index in [0.29, 0.717) is 0 Å². The number of rotatable bonds is 11. The van der Waals surface area contributed by atoms with Crippen LogP contribution >= 0.6 is 0 Å². The zero-order valence-corrected chi connectivity index (χ0v) is 12.1. The fourth-order valence-electron chi connectivity index (χ4n) is 2.02. The molecule has 0 aliphatic rings. The van der Waals surface area contributed by atoms with Gasteiger partial charge in [0, 0.05) is 12.6 Å². The predicted molar refractivity (Wildman–Crippen MR) is 72.1 cm³/mol. The maximum Gasteiger partial charge on any atom is 0.415 e. The summed E-state index contributed by atoms with van der Waals surface area (Å²) in [5, 5.41) is 11.9. The SMILES string of the molecule is CCCCCC(CCCCC)NC[C@@H](O)C(F)(F)F. The third-order valence-electron chi connectivity index (χ3n) is 3.29. The zero-order valence-electron chi connectivity index (χ0n) is 12.1. The van der Waals surface area contributed by atoms with Crippen LogP contribution in [0.25, 0.3) is 0 Å². The van der Waals surface area contributed by atoms with Crippen LogP contribution in [-0.2, 0) is 0 Å². The Morgan fingerprint density at radius 2 is 1.42 bits per heavy atom. The van der Waals surface area contributed by atoms with E-state index in [2.05, 4.69) is 19.2 Å². The van der Waals surface area contributed by atoms with E-state index in [1.54, 1.807) is 0 Å². The maximum atomic E-state index is 12.2. The Balaban J connectivity index is 4.02. The molecule has 0 fully saturated rings. The Labute approximate surface area is 114 Å². The minimum absolute atomic E-state index is 0.0927. The van der Waals surface area contributed by atoms with E-state index < -0.39 is 18.8 Å². The van der Waals surface area contributed by atoms with Gasteiger partial charge < -0.3 is 10.4 Å². The standard InChI is InChI=1S/C14H28F3NO/c1-3-5-7-9-12(10-8-6-4-2)18-11-13(19)14(15,16)17/h12-13,18-19H,3-11H2,1-2H3/t13-/m1/s1. The fraction of sp³-hybridized carbons (Fsp3) is 1.00. The monoisotopic (exact) mass is 283 g/mol. The summed E-state index contributed by atoms with van der Waals surface area (Å²) in [5.74, 6) is 0. The van der Waals surface area contributed by atoms with E-state index in [-0.39, 0.29) is 6.04 Å². The van der Waals surface area contributed by atoms with Crippen molar-refractivity contribution in [2.75, 3.05) is 6.54 Å². The van der Waals surface area contributed by atoms with Gasteiger partial charge in [-0.25, -0.2) is 0 Å². The van der Waals surface area contributed by atoms with Crippen molar-refractivity contribution in [3.8, 4) is 0 Å². The second kappa shape index (κ2) is 10.5. The van der Waals surface area contributed by atoms with Gasteiger partial charge in [0.2, 0.25) is 0 Å². The highest BCUT2D eigenvalue weighted by Crippen LogP contribution is 2.20. The summed E-state index contributed by atoms with van der Waals surface area (Å²) in [6.07, 6.45) is 1.48. The van der Waals surface area contributed by atoms with Crippen LogP contribution in [0.3, 0.4) is 0 Å². The van der Waals surface area contributed by atoms with E-state index in [1.165, 1.54) is 0 Å². The summed E-state index contributed by atoms with van der Waals surface area (Å²) in [6, 6.07) is 0.0927. The molecule has 0 spiro atoms. The van der Waals surface area contributed by atoms with Crippen molar-refractivity contribution in [1.82, 2.24) is 5.32 Å². The van der Waals surface area contributed by atoms with Crippen LogP contribution in [0, 0.1) is 0 Å². The fourth-order valence-corrected chi connectivity index (χ4v) is 2.02. The Hall–Kier alpha value is -0.290. The van der Waals surface area contributed by atoms with Crippen LogP contribution in [0.1, 0.15) is 65.2 Å². The normalized spacial score (nSPS) is 14.1. The lowest BCUT2D eigenvalue weighted by Gasteiger charge is -2.22. The number of aliphatic hydroxyl groups excluding tert-OH is 1. The molecule has 2 nitrogen and oxygen atoms in total. The molecule has 5 heteroatoms. The van der Waals surface area contributed by atoms with Gasteiger partial charge in [0.15, 0.2) is 6.10 Å². The predicted octanol–water partition coefficient (Wildman–Crippen LogP) is 4.03. The lowest BCUT2D eigenvalue weighted by molar-refractivity contribution is -0.202. The number of alkyl halides is 3. The van der Waals surface area contributed by atoms with E-state index in [1.807, 2.05) is 0 Å². The second-order valence-electron chi connectivity index (χ2n) is 5.15. The molecule has 0 rings (SSSR count). The van der Waals surface area contributed by atoms with Gasteiger partial charge >= 0.3 is 6.18 Å². The van der Waals surface area contributed by atoms with Crippen LogP contribution in [0.5, 0.6) is 0 Å². The molecule has 2 N–H and O–H groups in total. The quantitative estimate of drug-likeness (QED) is 0.561. The van der Waals surface area contributed by atoms with Crippen LogP contribution in [-0.4, -0.2) is 30.0 Å². The van der Waals surface area contributed by atoms with Gasteiger partial charge in [-0.15, -0.1) is 0 Å². The number of aliphatic hydroxyl groups is 1. The number of hydrogen-bond acceptors (Lipinski definition) is 2. The van der Waals surface area contributed by atoms with Crippen molar-refractivity contribution in [1.29, 1.82) is 0 Å². The smallest absolute Gasteiger partial charge is 0.382 e. The molecule has 0 heterocycles. The zero-order chi connectivity index (χ0) is 14.7. The van der Waals surface area contributed by atoms with Crippen molar-refractivity contribution in [3.63, 3.8) is 0 Å². The Morgan fingerprint density at radius 3 is 1.79 bits per heavy atom. The highest BCUT2D eigenvalue weighted by atomic mass is 19.4. The minimum Gasteiger partial charge on any atom is -0.382 e. The molecular weight excluding hydrogens is 255 g/mol. The van der Waals surface area contributed by atoms with Crippen LogP contribution in [0.2, 0.25) is 0 Å². The molecule has 0 saturated carbocycles. The molecule has 0 saturated heterocycles. The second-order valence-corrected chi connectivity index (χ2v) is 5.15. The van der Waals surface area contributed by atoms with Gasteiger partial charge in [0.25, 0.3) is 0 Å². The average Bonchev–Trinajstić information content (AvgIpc) is 2.34. The molecule has 0 aromatic carbocycles. The first-order chi connectivity index (χ1) is 8.91. The molecule has 0 aromatic heterocycles. The van der Waals surface area contributed by atoms with E-state index >= 15 is 0 Å². The highest BCUT2D eigenvalue weighted by Gasteiger charge is 2.37. The molecule has 0 radical (unpaired) electrons. The molecular formula is C14H28F3NO. The summed E-state index contributed by atoms with van der Waals surface area (Å²) in [6.45, 7) is 3.81. The maximum absolute atomic E-state index is 12.2. The molecule has 0 bridgehead atoms. The molecule has 0 amide bonds. The van der Waals surface area contributed by atoms with Gasteiger partial charge in [-0.1, -0.05) is 52.4 Å². The molecule has 19 heavy (non-hydrogen) atoms. The summed E-state index contributed by atoms with van der Waals surface area (Å²) >= 11 is 0.